The third-order valence-corrected chi connectivity index (χ3v) is 3.22. The highest BCUT2D eigenvalue weighted by atomic mass is 16.2. The average Bonchev–Trinajstić information content (AvgIpc) is 2.22. The zero-order chi connectivity index (χ0) is 16.1. The van der Waals surface area contributed by atoms with Crippen LogP contribution in [0.1, 0.15) is 61.8 Å². The molecule has 0 aliphatic carbocycles. The van der Waals surface area contributed by atoms with Gasteiger partial charge in [-0.25, -0.2) is 0 Å². The molecule has 114 valence electrons. The van der Waals surface area contributed by atoms with Crippen molar-refractivity contribution in [3.63, 3.8) is 0 Å². The fourth-order valence-corrected chi connectivity index (χ4v) is 2.13. The second kappa shape index (κ2) is 6.92. The largest absolute Gasteiger partial charge is 0.336 e. The van der Waals surface area contributed by atoms with E-state index in [0.717, 1.165) is 5.57 Å². The minimum absolute atomic E-state index is 0.112. The van der Waals surface area contributed by atoms with Crippen LogP contribution in [0.3, 0.4) is 0 Å². The van der Waals surface area contributed by atoms with Gasteiger partial charge >= 0.3 is 0 Å². The Balaban J connectivity index is 5.49. The number of allylic oxidation sites excluding steroid dienone is 1. The molecule has 1 atom stereocenters. The van der Waals surface area contributed by atoms with Gasteiger partial charge in [-0.2, -0.15) is 5.26 Å². The lowest BCUT2D eigenvalue weighted by molar-refractivity contribution is -0.141. The van der Waals surface area contributed by atoms with E-state index in [9.17, 15) is 4.79 Å². The molecular formula is C17H30N2O. The molecule has 0 radical (unpaired) electrons. The number of nitrogens with zero attached hydrogens (tertiary/aromatic N) is 2. The van der Waals surface area contributed by atoms with Crippen LogP contribution in [0.5, 0.6) is 0 Å². The molecule has 0 aliphatic heterocycles. The molecule has 0 aliphatic rings. The molecule has 20 heavy (non-hydrogen) atoms. The number of amides is 1. The number of nitriles is 1. The highest BCUT2D eigenvalue weighted by Gasteiger charge is 2.36. The molecule has 0 rings (SSSR count). The maximum atomic E-state index is 13.0. The van der Waals surface area contributed by atoms with Gasteiger partial charge in [0.25, 0.3) is 0 Å². The van der Waals surface area contributed by atoms with Crippen molar-refractivity contribution in [3.8, 4) is 6.07 Å². The fourth-order valence-electron chi connectivity index (χ4n) is 2.13. The minimum atomic E-state index is -0.271. The van der Waals surface area contributed by atoms with Crippen molar-refractivity contribution < 1.29 is 4.79 Å². The van der Waals surface area contributed by atoms with Gasteiger partial charge in [-0.3, -0.25) is 4.79 Å². The van der Waals surface area contributed by atoms with Crippen LogP contribution in [0, 0.1) is 22.7 Å². The molecule has 1 amide bonds. The van der Waals surface area contributed by atoms with Crippen molar-refractivity contribution in [1.29, 1.82) is 5.26 Å². The van der Waals surface area contributed by atoms with Crippen LogP contribution in [0.4, 0.5) is 0 Å². The minimum Gasteiger partial charge on any atom is -0.336 e. The molecule has 0 heterocycles. The molecule has 0 spiro atoms. The van der Waals surface area contributed by atoms with E-state index >= 15 is 0 Å². The van der Waals surface area contributed by atoms with Gasteiger partial charge in [0, 0.05) is 12.1 Å². The summed E-state index contributed by atoms with van der Waals surface area (Å²) in [6, 6.07) is 2.13. The van der Waals surface area contributed by atoms with Gasteiger partial charge in [-0.05, 0) is 40.0 Å². The number of hydrogen-bond donors (Lipinski definition) is 0. The average molecular weight is 278 g/mol. The first-order chi connectivity index (χ1) is 8.91. The van der Waals surface area contributed by atoms with E-state index in [1.165, 1.54) is 0 Å². The van der Waals surface area contributed by atoms with E-state index in [0.29, 0.717) is 13.0 Å². The summed E-state index contributed by atoms with van der Waals surface area (Å²) in [6.07, 6.45) is 2.42. The van der Waals surface area contributed by atoms with Crippen LogP contribution in [0.15, 0.2) is 11.6 Å². The number of carbonyl (C=O) groups excluding carboxylic acids is 1. The zero-order valence-corrected chi connectivity index (χ0v) is 14.4. The maximum Gasteiger partial charge on any atom is 0.230 e. The van der Waals surface area contributed by atoms with Crippen LogP contribution >= 0.6 is 0 Å². The molecular weight excluding hydrogens is 248 g/mol. The maximum absolute atomic E-state index is 13.0. The monoisotopic (exact) mass is 278 g/mol. The standard InChI is InChI=1S/C17H30N2O/c1-13(2)12-14(16(3,4)5)15(20)19(11-9-10-18)17(6,7)8/h12,14H,9,11H2,1-8H3. The Morgan fingerprint density at radius 2 is 1.70 bits per heavy atom. The third kappa shape index (κ3) is 5.77. The Hall–Kier alpha value is -1.30. The van der Waals surface area contributed by atoms with Gasteiger partial charge in [0.1, 0.15) is 0 Å². The first kappa shape index (κ1) is 18.7. The second-order valence-electron chi connectivity index (χ2n) is 7.66. The molecule has 0 N–H and O–H groups in total. The Morgan fingerprint density at radius 1 is 1.20 bits per heavy atom. The number of rotatable bonds is 4. The lowest BCUT2D eigenvalue weighted by Gasteiger charge is -2.40. The number of carbonyl (C=O) groups is 1. The second-order valence-corrected chi connectivity index (χ2v) is 7.66. The summed E-state index contributed by atoms with van der Waals surface area (Å²) in [5.74, 6) is -0.0492. The van der Waals surface area contributed by atoms with E-state index in [1.807, 2.05) is 45.6 Å². The Morgan fingerprint density at radius 3 is 2.00 bits per heavy atom. The molecule has 3 heteroatoms. The summed E-state index contributed by atoms with van der Waals surface area (Å²) in [6.45, 7) is 16.8. The molecule has 0 aromatic heterocycles. The van der Waals surface area contributed by atoms with Crippen LogP contribution in [0.25, 0.3) is 0 Å². The molecule has 0 saturated carbocycles. The predicted octanol–water partition coefficient (Wildman–Crippen LogP) is 4.16. The van der Waals surface area contributed by atoms with Gasteiger partial charge < -0.3 is 4.90 Å². The van der Waals surface area contributed by atoms with E-state index in [1.54, 1.807) is 0 Å². The van der Waals surface area contributed by atoms with Crippen molar-refractivity contribution in [2.45, 2.75) is 67.3 Å². The van der Waals surface area contributed by atoms with Gasteiger partial charge in [-0.15, -0.1) is 0 Å². The Labute approximate surface area is 124 Å². The van der Waals surface area contributed by atoms with E-state index in [-0.39, 0.29) is 22.8 Å². The van der Waals surface area contributed by atoms with E-state index < -0.39 is 0 Å². The molecule has 0 fully saturated rings. The zero-order valence-electron chi connectivity index (χ0n) is 14.4. The lowest BCUT2D eigenvalue weighted by Crippen LogP contribution is -2.50. The molecule has 1 unspecified atom stereocenters. The van der Waals surface area contributed by atoms with Crippen molar-refractivity contribution in [2.24, 2.45) is 11.3 Å². The predicted molar refractivity (Wildman–Crippen MR) is 84.1 cm³/mol. The topological polar surface area (TPSA) is 44.1 Å². The van der Waals surface area contributed by atoms with Crippen LogP contribution in [-0.2, 0) is 4.79 Å². The first-order valence-electron chi connectivity index (χ1n) is 7.24. The highest BCUT2D eigenvalue weighted by molar-refractivity contribution is 5.82. The van der Waals surface area contributed by atoms with Gasteiger partial charge in [-0.1, -0.05) is 32.4 Å². The van der Waals surface area contributed by atoms with Crippen molar-refractivity contribution >= 4 is 5.91 Å². The molecule has 0 aromatic rings. The van der Waals surface area contributed by atoms with Crippen LogP contribution < -0.4 is 0 Å². The smallest absolute Gasteiger partial charge is 0.230 e. The molecule has 0 saturated heterocycles. The normalized spacial score (nSPS) is 13.3. The lowest BCUT2D eigenvalue weighted by atomic mass is 9.78. The van der Waals surface area contributed by atoms with E-state index in [2.05, 4.69) is 26.8 Å². The third-order valence-electron chi connectivity index (χ3n) is 3.22. The summed E-state index contributed by atoms with van der Waals surface area (Å²) in [5, 5.41) is 8.81. The first-order valence-corrected chi connectivity index (χ1v) is 7.24. The quantitative estimate of drug-likeness (QED) is 0.725. The van der Waals surface area contributed by atoms with Crippen molar-refractivity contribution in [1.82, 2.24) is 4.90 Å². The Bertz CT molecular complexity index is 398. The summed E-state index contributed by atoms with van der Waals surface area (Å²) in [7, 11) is 0. The van der Waals surface area contributed by atoms with Gasteiger partial charge in [0.05, 0.1) is 18.4 Å². The van der Waals surface area contributed by atoms with Crippen LogP contribution in [0.2, 0.25) is 0 Å². The van der Waals surface area contributed by atoms with Gasteiger partial charge in [0.2, 0.25) is 5.91 Å². The molecule has 3 nitrogen and oxygen atoms in total. The highest BCUT2D eigenvalue weighted by Crippen LogP contribution is 2.32. The van der Waals surface area contributed by atoms with Gasteiger partial charge in [0.15, 0.2) is 0 Å². The summed E-state index contributed by atoms with van der Waals surface area (Å²) in [4.78, 5) is 14.8. The Kier molecular flexibility index (Phi) is 6.47. The van der Waals surface area contributed by atoms with Crippen LogP contribution in [-0.4, -0.2) is 22.9 Å². The van der Waals surface area contributed by atoms with Crippen molar-refractivity contribution in [3.05, 3.63) is 11.6 Å². The SMILES string of the molecule is CC(C)=CC(C(=O)N(CCC#N)C(C)(C)C)C(C)(C)C. The summed E-state index contributed by atoms with van der Waals surface area (Å²) < 4.78 is 0. The fraction of sp³-hybridized carbons (Fsp3) is 0.765. The van der Waals surface area contributed by atoms with Crippen molar-refractivity contribution in [2.75, 3.05) is 6.54 Å². The molecule has 0 bridgehead atoms. The summed E-state index contributed by atoms with van der Waals surface area (Å²) >= 11 is 0. The summed E-state index contributed by atoms with van der Waals surface area (Å²) in [5.41, 5.74) is 0.740. The molecule has 0 aromatic carbocycles. The number of hydrogen-bond acceptors (Lipinski definition) is 2. The van der Waals surface area contributed by atoms with E-state index in [4.69, 9.17) is 5.26 Å².